The third kappa shape index (κ3) is 1.56. The summed E-state index contributed by atoms with van der Waals surface area (Å²) < 4.78 is 10.7. The fourth-order valence-electron chi connectivity index (χ4n) is 2.26. The SMILES string of the molecule is COc1cccc2c1C(=O)OC2c1ccccc1. The Morgan fingerprint density at radius 3 is 2.56 bits per heavy atom. The van der Waals surface area contributed by atoms with Crippen LogP contribution in [0.3, 0.4) is 0 Å². The van der Waals surface area contributed by atoms with Crippen LogP contribution in [0.1, 0.15) is 27.6 Å². The van der Waals surface area contributed by atoms with E-state index in [1.165, 1.54) is 0 Å². The topological polar surface area (TPSA) is 35.5 Å². The van der Waals surface area contributed by atoms with Crippen molar-refractivity contribution < 1.29 is 14.3 Å². The van der Waals surface area contributed by atoms with E-state index >= 15 is 0 Å². The van der Waals surface area contributed by atoms with Crippen molar-refractivity contribution in [2.24, 2.45) is 0 Å². The summed E-state index contributed by atoms with van der Waals surface area (Å²) in [6.45, 7) is 0. The summed E-state index contributed by atoms with van der Waals surface area (Å²) in [6.07, 6.45) is -0.330. The Balaban J connectivity index is 2.13. The van der Waals surface area contributed by atoms with Gasteiger partial charge in [0.2, 0.25) is 0 Å². The summed E-state index contributed by atoms with van der Waals surface area (Å²) in [4.78, 5) is 11.9. The molecule has 0 amide bonds. The van der Waals surface area contributed by atoms with Crippen LogP contribution in [0, 0.1) is 0 Å². The van der Waals surface area contributed by atoms with Crippen LogP contribution in [-0.2, 0) is 4.74 Å². The van der Waals surface area contributed by atoms with Gasteiger partial charge in [0.1, 0.15) is 11.3 Å². The van der Waals surface area contributed by atoms with Gasteiger partial charge < -0.3 is 9.47 Å². The lowest BCUT2D eigenvalue weighted by Crippen LogP contribution is -2.00. The predicted octanol–water partition coefficient (Wildman–Crippen LogP) is 2.96. The van der Waals surface area contributed by atoms with Crippen LogP contribution in [0.5, 0.6) is 5.75 Å². The number of benzene rings is 2. The van der Waals surface area contributed by atoms with Crippen molar-refractivity contribution in [3.8, 4) is 5.75 Å². The molecule has 1 aliphatic heterocycles. The molecule has 90 valence electrons. The number of carbonyl (C=O) groups excluding carboxylic acids is 1. The third-order valence-electron chi connectivity index (χ3n) is 3.09. The molecule has 0 bridgehead atoms. The fourth-order valence-corrected chi connectivity index (χ4v) is 2.26. The van der Waals surface area contributed by atoms with Crippen LogP contribution >= 0.6 is 0 Å². The lowest BCUT2D eigenvalue weighted by atomic mass is 9.99. The summed E-state index contributed by atoms with van der Waals surface area (Å²) in [6, 6.07) is 15.2. The number of ether oxygens (including phenoxy) is 2. The summed E-state index contributed by atoms with van der Waals surface area (Å²) in [5.74, 6) is 0.243. The fraction of sp³-hybridized carbons (Fsp3) is 0.133. The second-order valence-electron chi connectivity index (χ2n) is 4.12. The van der Waals surface area contributed by atoms with E-state index in [9.17, 15) is 4.79 Å². The highest BCUT2D eigenvalue weighted by Gasteiger charge is 2.34. The quantitative estimate of drug-likeness (QED) is 0.757. The zero-order chi connectivity index (χ0) is 12.5. The number of hydrogen-bond acceptors (Lipinski definition) is 3. The van der Waals surface area contributed by atoms with Gasteiger partial charge in [0.05, 0.1) is 7.11 Å². The largest absolute Gasteiger partial charge is 0.496 e. The molecule has 1 atom stereocenters. The molecule has 2 aromatic rings. The molecule has 0 N–H and O–H groups in total. The first-order valence-corrected chi connectivity index (χ1v) is 5.74. The molecule has 0 aliphatic carbocycles. The monoisotopic (exact) mass is 240 g/mol. The van der Waals surface area contributed by atoms with Crippen molar-refractivity contribution in [1.29, 1.82) is 0 Å². The van der Waals surface area contributed by atoms with Crippen LogP contribution in [0.25, 0.3) is 0 Å². The number of hydrogen-bond donors (Lipinski definition) is 0. The molecule has 1 aliphatic rings. The standard InChI is InChI=1S/C15H12O3/c1-17-12-9-5-8-11-13(12)15(16)18-14(11)10-6-3-2-4-7-10/h2-9,14H,1H3. The van der Waals surface area contributed by atoms with E-state index in [0.717, 1.165) is 11.1 Å². The maximum atomic E-state index is 11.9. The number of methoxy groups -OCH3 is 1. The zero-order valence-corrected chi connectivity index (χ0v) is 9.92. The van der Waals surface area contributed by atoms with Crippen LogP contribution < -0.4 is 4.74 Å². The summed E-state index contributed by atoms with van der Waals surface area (Å²) in [7, 11) is 1.55. The molecule has 0 spiro atoms. The first-order chi connectivity index (χ1) is 8.81. The number of rotatable bonds is 2. The average molecular weight is 240 g/mol. The van der Waals surface area contributed by atoms with E-state index in [-0.39, 0.29) is 12.1 Å². The zero-order valence-electron chi connectivity index (χ0n) is 9.92. The molecule has 3 heteroatoms. The Bertz CT molecular complexity index is 590. The molecule has 0 fully saturated rings. The van der Waals surface area contributed by atoms with Gasteiger partial charge in [-0.1, -0.05) is 42.5 Å². The molecule has 18 heavy (non-hydrogen) atoms. The van der Waals surface area contributed by atoms with Gasteiger partial charge >= 0.3 is 5.97 Å². The lowest BCUT2D eigenvalue weighted by molar-refractivity contribution is 0.0454. The van der Waals surface area contributed by atoms with Crippen molar-refractivity contribution in [1.82, 2.24) is 0 Å². The number of cyclic esters (lactones) is 1. The Morgan fingerprint density at radius 1 is 1.06 bits per heavy atom. The van der Waals surface area contributed by atoms with E-state index < -0.39 is 0 Å². The maximum Gasteiger partial charge on any atom is 0.343 e. The maximum absolute atomic E-state index is 11.9. The van der Waals surface area contributed by atoms with Gasteiger partial charge in [-0.2, -0.15) is 0 Å². The van der Waals surface area contributed by atoms with Crippen LogP contribution in [0.4, 0.5) is 0 Å². The molecule has 3 nitrogen and oxygen atoms in total. The minimum atomic E-state index is -0.330. The molecule has 0 saturated carbocycles. The summed E-state index contributed by atoms with van der Waals surface area (Å²) in [5.41, 5.74) is 2.37. The van der Waals surface area contributed by atoms with E-state index in [4.69, 9.17) is 9.47 Å². The highest BCUT2D eigenvalue weighted by atomic mass is 16.6. The van der Waals surface area contributed by atoms with Crippen molar-refractivity contribution >= 4 is 5.97 Å². The molecule has 2 aromatic carbocycles. The first kappa shape index (κ1) is 10.8. The minimum absolute atomic E-state index is 0.323. The van der Waals surface area contributed by atoms with Crippen LogP contribution in [0.2, 0.25) is 0 Å². The molecule has 1 unspecified atom stereocenters. The highest BCUT2D eigenvalue weighted by Crippen LogP contribution is 2.39. The minimum Gasteiger partial charge on any atom is -0.496 e. The molecule has 1 heterocycles. The Morgan fingerprint density at radius 2 is 1.83 bits per heavy atom. The smallest absolute Gasteiger partial charge is 0.343 e. The normalized spacial score (nSPS) is 17.2. The van der Waals surface area contributed by atoms with Gasteiger partial charge in [0.25, 0.3) is 0 Å². The molecule has 0 radical (unpaired) electrons. The van der Waals surface area contributed by atoms with Gasteiger partial charge in [-0.25, -0.2) is 4.79 Å². The van der Waals surface area contributed by atoms with Crippen molar-refractivity contribution in [3.63, 3.8) is 0 Å². The van der Waals surface area contributed by atoms with Crippen molar-refractivity contribution in [2.45, 2.75) is 6.10 Å². The van der Waals surface area contributed by atoms with Gasteiger partial charge in [-0.05, 0) is 11.6 Å². The number of esters is 1. The Labute approximate surface area is 105 Å². The van der Waals surface area contributed by atoms with E-state index in [2.05, 4.69) is 0 Å². The highest BCUT2D eigenvalue weighted by molar-refractivity contribution is 5.97. The molecule has 0 aromatic heterocycles. The molecular formula is C15H12O3. The summed E-state index contributed by atoms with van der Waals surface area (Å²) in [5, 5.41) is 0. The Kier molecular flexibility index (Phi) is 2.52. The first-order valence-electron chi connectivity index (χ1n) is 5.74. The second-order valence-corrected chi connectivity index (χ2v) is 4.12. The number of carbonyl (C=O) groups is 1. The van der Waals surface area contributed by atoms with Crippen LogP contribution in [-0.4, -0.2) is 13.1 Å². The van der Waals surface area contributed by atoms with E-state index in [1.807, 2.05) is 42.5 Å². The predicted molar refractivity (Wildman–Crippen MR) is 66.7 cm³/mol. The molecule has 3 rings (SSSR count). The van der Waals surface area contributed by atoms with Crippen molar-refractivity contribution in [3.05, 3.63) is 65.2 Å². The van der Waals surface area contributed by atoms with E-state index in [0.29, 0.717) is 11.3 Å². The average Bonchev–Trinajstić information content (AvgIpc) is 2.77. The third-order valence-corrected chi connectivity index (χ3v) is 3.09. The molecule has 0 saturated heterocycles. The van der Waals surface area contributed by atoms with Gasteiger partial charge in [0.15, 0.2) is 6.10 Å². The van der Waals surface area contributed by atoms with Gasteiger partial charge in [-0.15, -0.1) is 0 Å². The molecular weight excluding hydrogens is 228 g/mol. The van der Waals surface area contributed by atoms with Crippen LogP contribution in [0.15, 0.2) is 48.5 Å². The second kappa shape index (κ2) is 4.18. The lowest BCUT2D eigenvalue weighted by Gasteiger charge is -2.10. The Hall–Kier alpha value is -2.29. The van der Waals surface area contributed by atoms with Gasteiger partial charge in [-0.3, -0.25) is 0 Å². The summed E-state index contributed by atoms with van der Waals surface area (Å²) >= 11 is 0. The van der Waals surface area contributed by atoms with Crippen molar-refractivity contribution in [2.75, 3.05) is 7.11 Å². The van der Waals surface area contributed by atoms with Gasteiger partial charge in [0, 0.05) is 5.56 Å². The number of fused-ring (bicyclic) bond motifs is 1. The van der Waals surface area contributed by atoms with E-state index in [1.54, 1.807) is 13.2 Å².